The molecule has 6 nitrogen and oxygen atoms in total. The molecule has 0 saturated carbocycles. The molecule has 2 heterocycles. The highest BCUT2D eigenvalue weighted by molar-refractivity contribution is 5.95. The zero-order valence-corrected chi connectivity index (χ0v) is 14.7. The molecule has 0 radical (unpaired) electrons. The van der Waals surface area contributed by atoms with Crippen LogP contribution in [-0.4, -0.2) is 23.9 Å². The maximum Gasteiger partial charge on any atom is 0.317 e. The molecule has 0 amide bonds. The van der Waals surface area contributed by atoms with Gasteiger partial charge >= 0.3 is 23.9 Å². The number of cyclic esters (lactones) is 4. The number of ether oxygens (including phenoxy) is 2. The molecule has 2 fully saturated rings. The quantitative estimate of drug-likeness (QED) is 0.258. The van der Waals surface area contributed by atoms with Crippen molar-refractivity contribution in [1.82, 2.24) is 0 Å². The van der Waals surface area contributed by atoms with Crippen LogP contribution in [0.1, 0.15) is 44.9 Å². The third kappa shape index (κ3) is 5.79. The van der Waals surface area contributed by atoms with E-state index in [2.05, 4.69) is 28.2 Å². The molecule has 0 N–H and O–H groups in total. The van der Waals surface area contributed by atoms with E-state index in [1.165, 1.54) is 0 Å². The van der Waals surface area contributed by atoms with Gasteiger partial charge < -0.3 is 9.47 Å². The molecular formula is C20H24O6. The van der Waals surface area contributed by atoms with Gasteiger partial charge in [-0.15, -0.1) is 6.58 Å². The van der Waals surface area contributed by atoms with E-state index in [1.54, 1.807) is 6.08 Å². The lowest BCUT2D eigenvalue weighted by atomic mass is 9.87. The van der Waals surface area contributed by atoms with E-state index in [1.807, 2.05) is 12.2 Å². The lowest BCUT2D eigenvalue weighted by molar-refractivity contribution is -0.155. The van der Waals surface area contributed by atoms with Gasteiger partial charge in [-0.3, -0.25) is 19.2 Å². The second-order valence-corrected chi connectivity index (χ2v) is 6.53. The van der Waals surface area contributed by atoms with Crippen molar-refractivity contribution in [3.8, 4) is 0 Å². The average Bonchev–Trinajstić information content (AvgIpc) is 3.10. The van der Waals surface area contributed by atoms with Gasteiger partial charge in [-0.05, 0) is 38.0 Å². The van der Waals surface area contributed by atoms with Crippen LogP contribution in [-0.2, 0) is 28.7 Å². The van der Waals surface area contributed by atoms with E-state index in [-0.39, 0.29) is 24.7 Å². The number of unbranched alkanes of at least 4 members (excludes halogenated alkanes) is 1. The maximum atomic E-state index is 11.6. The van der Waals surface area contributed by atoms with E-state index in [0.29, 0.717) is 6.42 Å². The normalized spacial score (nSPS) is 24.5. The summed E-state index contributed by atoms with van der Waals surface area (Å²) >= 11 is 0. The molecule has 26 heavy (non-hydrogen) atoms. The standard InChI is InChI=1S/C20H24O6/c1-2-14(16-13-18(22)26-20(16)24)10-8-6-4-3-5-7-9-11-15-12-17(21)25-19(15)23/h2,4,6-7,9,14-16H,1,3,5,8,10-13H2/b6-4-,9-7+. The summed E-state index contributed by atoms with van der Waals surface area (Å²) < 4.78 is 9.09. The first kappa shape index (κ1) is 19.8. The number of hydrogen-bond donors (Lipinski definition) is 0. The minimum atomic E-state index is -0.454. The second-order valence-electron chi connectivity index (χ2n) is 6.53. The Labute approximate surface area is 152 Å². The van der Waals surface area contributed by atoms with Crippen molar-refractivity contribution in [2.45, 2.75) is 44.9 Å². The number of allylic oxidation sites excluding steroid dienone is 5. The van der Waals surface area contributed by atoms with E-state index in [9.17, 15) is 19.2 Å². The molecule has 0 aliphatic carbocycles. The highest BCUT2D eigenvalue weighted by Gasteiger charge is 2.37. The monoisotopic (exact) mass is 360 g/mol. The lowest BCUT2D eigenvalue weighted by Crippen LogP contribution is -2.17. The van der Waals surface area contributed by atoms with Crippen LogP contribution in [0.4, 0.5) is 0 Å². The molecule has 2 aliphatic heterocycles. The average molecular weight is 360 g/mol. The van der Waals surface area contributed by atoms with Crippen LogP contribution in [0, 0.1) is 17.8 Å². The van der Waals surface area contributed by atoms with Gasteiger partial charge in [-0.2, -0.15) is 0 Å². The Morgan fingerprint density at radius 3 is 2.08 bits per heavy atom. The predicted octanol–water partition coefficient (Wildman–Crippen LogP) is 3.03. The zero-order valence-electron chi connectivity index (χ0n) is 14.7. The van der Waals surface area contributed by atoms with Gasteiger partial charge in [0.2, 0.25) is 0 Å². The smallest absolute Gasteiger partial charge is 0.317 e. The molecule has 3 unspecified atom stereocenters. The van der Waals surface area contributed by atoms with Crippen LogP contribution in [0.15, 0.2) is 37.0 Å². The van der Waals surface area contributed by atoms with Crippen molar-refractivity contribution in [1.29, 1.82) is 0 Å². The minimum Gasteiger partial charge on any atom is -0.393 e. The summed E-state index contributed by atoms with van der Waals surface area (Å²) in [5, 5.41) is 0. The van der Waals surface area contributed by atoms with Crippen LogP contribution in [0.2, 0.25) is 0 Å². The van der Waals surface area contributed by atoms with Crippen LogP contribution < -0.4 is 0 Å². The van der Waals surface area contributed by atoms with Crippen molar-refractivity contribution in [2.24, 2.45) is 17.8 Å². The Hall–Kier alpha value is -2.50. The van der Waals surface area contributed by atoms with Gasteiger partial charge in [-0.1, -0.05) is 30.4 Å². The topological polar surface area (TPSA) is 86.7 Å². The minimum absolute atomic E-state index is 0.0487. The third-order valence-corrected chi connectivity index (χ3v) is 4.60. The van der Waals surface area contributed by atoms with Crippen LogP contribution >= 0.6 is 0 Å². The van der Waals surface area contributed by atoms with Gasteiger partial charge in [0.25, 0.3) is 0 Å². The molecule has 0 aromatic carbocycles. The first-order valence-corrected chi connectivity index (χ1v) is 8.93. The van der Waals surface area contributed by atoms with Crippen LogP contribution in [0.5, 0.6) is 0 Å². The lowest BCUT2D eigenvalue weighted by Gasteiger charge is -2.14. The maximum absolute atomic E-state index is 11.6. The molecule has 3 atom stereocenters. The Balaban J connectivity index is 1.59. The number of hydrogen-bond acceptors (Lipinski definition) is 6. The van der Waals surface area contributed by atoms with Gasteiger partial charge in [-0.25, -0.2) is 0 Å². The summed E-state index contributed by atoms with van der Waals surface area (Å²) in [6.45, 7) is 3.75. The zero-order chi connectivity index (χ0) is 18.9. The fourth-order valence-corrected chi connectivity index (χ4v) is 3.10. The Morgan fingerprint density at radius 2 is 1.50 bits per heavy atom. The van der Waals surface area contributed by atoms with Crippen molar-refractivity contribution < 1.29 is 28.7 Å². The summed E-state index contributed by atoms with van der Waals surface area (Å²) in [5.74, 6) is -2.54. The van der Waals surface area contributed by atoms with Crippen molar-refractivity contribution >= 4 is 23.9 Å². The van der Waals surface area contributed by atoms with E-state index >= 15 is 0 Å². The molecule has 0 spiro atoms. The highest BCUT2D eigenvalue weighted by atomic mass is 16.6. The van der Waals surface area contributed by atoms with E-state index < -0.39 is 29.8 Å². The largest absolute Gasteiger partial charge is 0.393 e. The summed E-state index contributed by atoms with van der Waals surface area (Å²) in [6.07, 6.45) is 13.9. The van der Waals surface area contributed by atoms with Gasteiger partial charge in [0.05, 0.1) is 24.7 Å². The summed E-state index contributed by atoms with van der Waals surface area (Å²) in [5.41, 5.74) is 0. The first-order valence-electron chi connectivity index (χ1n) is 8.93. The number of esters is 4. The number of rotatable bonds is 10. The fourth-order valence-electron chi connectivity index (χ4n) is 3.10. The molecule has 2 saturated heterocycles. The van der Waals surface area contributed by atoms with Gasteiger partial charge in [0, 0.05) is 0 Å². The van der Waals surface area contributed by atoms with Gasteiger partial charge in [0.15, 0.2) is 0 Å². The van der Waals surface area contributed by atoms with E-state index in [4.69, 9.17) is 0 Å². The molecule has 2 aliphatic rings. The molecule has 140 valence electrons. The van der Waals surface area contributed by atoms with Crippen molar-refractivity contribution in [3.05, 3.63) is 37.0 Å². The molecule has 0 bridgehead atoms. The molecule has 0 aromatic rings. The highest BCUT2D eigenvalue weighted by Crippen LogP contribution is 2.28. The predicted molar refractivity (Wildman–Crippen MR) is 93.5 cm³/mol. The first-order chi connectivity index (χ1) is 12.5. The summed E-state index contributed by atoms with van der Waals surface area (Å²) in [7, 11) is 0. The third-order valence-electron chi connectivity index (χ3n) is 4.60. The number of carbonyl (C=O) groups is 4. The molecule has 6 heteroatoms. The molecule has 0 aromatic heterocycles. The molecular weight excluding hydrogens is 336 g/mol. The fraction of sp³-hybridized carbons (Fsp3) is 0.500. The van der Waals surface area contributed by atoms with Crippen LogP contribution in [0.25, 0.3) is 0 Å². The Bertz CT molecular complexity index is 630. The van der Waals surface area contributed by atoms with Crippen molar-refractivity contribution in [2.75, 3.05) is 0 Å². The van der Waals surface area contributed by atoms with Gasteiger partial charge in [0.1, 0.15) is 0 Å². The van der Waals surface area contributed by atoms with Crippen LogP contribution in [0.3, 0.4) is 0 Å². The Kier molecular flexibility index (Phi) is 7.51. The summed E-state index contributed by atoms with van der Waals surface area (Å²) in [6, 6.07) is 0. The SMILES string of the molecule is C=CC(CC/C=C\CC/C=C/CC1CC(=O)OC1=O)C1CC(=O)OC1=O. The number of carbonyl (C=O) groups excluding carboxylic acids is 4. The summed E-state index contributed by atoms with van der Waals surface area (Å²) in [4.78, 5) is 45.0. The van der Waals surface area contributed by atoms with E-state index in [0.717, 1.165) is 25.7 Å². The Morgan fingerprint density at radius 1 is 0.885 bits per heavy atom. The second kappa shape index (κ2) is 9.85. The van der Waals surface area contributed by atoms with Crippen molar-refractivity contribution in [3.63, 3.8) is 0 Å². The molecule has 2 rings (SSSR count).